The van der Waals surface area contributed by atoms with Crippen molar-refractivity contribution in [1.29, 1.82) is 0 Å². The third-order valence-corrected chi connectivity index (χ3v) is 5.26. The van der Waals surface area contributed by atoms with Crippen molar-refractivity contribution in [3.8, 4) is 0 Å². The molecule has 0 atom stereocenters. The van der Waals surface area contributed by atoms with E-state index in [1.54, 1.807) is 7.11 Å². The molecule has 0 aliphatic carbocycles. The third-order valence-electron chi connectivity index (χ3n) is 5.26. The third kappa shape index (κ3) is 37.3. The summed E-state index contributed by atoms with van der Waals surface area (Å²) in [5, 5.41) is 3.25. The summed E-state index contributed by atoms with van der Waals surface area (Å²) in [5.74, 6) is 0.875. The van der Waals surface area contributed by atoms with Gasteiger partial charge in [0, 0.05) is 39.0 Å². The van der Waals surface area contributed by atoms with Crippen LogP contribution in [0.15, 0.2) is 9.98 Å². The maximum atomic E-state index is 11.1. The number of methoxy groups -OCH3 is 3. The SMILES string of the molecule is C.CCN=CN1CCC(CC(=O)OC)CC1.CCN=COC.COC(=O)CC1CCNCC1.ICI.[I][V][I]. The van der Waals surface area contributed by atoms with E-state index in [-0.39, 0.29) is 19.4 Å². The molecular weight excluding hydrogens is 995 g/mol. The van der Waals surface area contributed by atoms with Gasteiger partial charge in [0.15, 0.2) is 6.40 Å². The molecule has 39 heavy (non-hydrogen) atoms. The fourth-order valence-electron chi connectivity index (χ4n) is 3.34. The van der Waals surface area contributed by atoms with Gasteiger partial charge in [-0.15, -0.1) is 0 Å². The number of hydrogen-bond acceptors (Lipinski definition) is 8. The van der Waals surface area contributed by atoms with Crippen molar-refractivity contribution < 1.29 is 33.3 Å². The first-order chi connectivity index (χ1) is 18.3. The number of hydrogen-bond donors (Lipinski definition) is 1. The molecule has 0 amide bonds. The van der Waals surface area contributed by atoms with Gasteiger partial charge in [0.25, 0.3) is 0 Å². The minimum atomic E-state index is -0.0873. The summed E-state index contributed by atoms with van der Waals surface area (Å²) in [7, 11) is 5.11. The van der Waals surface area contributed by atoms with Crippen molar-refractivity contribution in [3.63, 3.8) is 0 Å². The summed E-state index contributed by atoms with van der Waals surface area (Å²) < 4.78 is 14.9. The van der Waals surface area contributed by atoms with Crippen LogP contribution in [-0.2, 0) is 33.3 Å². The minimum absolute atomic E-state index is 0. The number of alkyl halides is 2. The number of nitrogens with zero attached hydrogens (tertiary/aromatic N) is 3. The van der Waals surface area contributed by atoms with Gasteiger partial charge in [-0.25, -0.2) is 0 Å². The number of rotatable bonds is 8. The van der Waals surface area contributed by atoms with Crippen LogP contribution in [0.3, 0.4) is 0 Å². The molecule has 1 N–H and O–H groups in total. The van der Waals surface area contributed by atoms with Gasteiger partial charge in [-0.2, -0.15) is 0 Å². The Kier molecular flexibility index (Phi) is 47.7. The number of piperidine rings is 2. The van der Waals surface area contributed by atoms with Crippen LogP contribution in [0.5, 0.6) is 0 Å². The number of likely N-dealkylation sites (tertiary alicyclic amines) is 1. The van der Waals surface area contributed by atoms with E-state index in [2.05, 4.69) is 120 Å². The van der Waals surface area contributed by atoms with Crippen LogP contribution in [0.2, 0.25) is 0 Å². The average Bonchev–Trinajstić information content (AvgIpc) is 2.93. The van der Waals surface area contributed by atoms with Crippen molar-refractivity contribution in [2.45, 2.75) is 59.8 Å². The molecular formula is C25H50I4N4O5V. The molecule has 2 saturated heterocycles. The van der Waals surface area contributed by atoms with Crippen LogP contribution in [0.1, 0.15) is 59.8 Å². The van der Waals surface area contributed by atoms with Crippen LogP contribution < -0.4 is 5.32 Å². The van der Waals surface area contributed by atoms with Gasteiger partial charge in [-0.1, -0.05) is 52.6 Å². The zero-order valence-electron chi connectivity index (χ0n) is 23.3. The van der Waals surface area contributed by atoms with E-state index in [0.29, 0.717) is 34.1 Å². The Labute approximate surface area is 294 Å². The molecule has 2 aliphatic rings. The molecule has 233 valence electrons. The zero-order chi connectivity index (χ0) is 29.4. The molecule has 2 heterocycles. The Morgan fingerprint density at radius 2 is 1.31 bits per heavy atom. The van der Waals surface area contributed by atoms with Crippen LogP contribution in [0.25, 0.3) is 0 Å². The van der Waals surface area contributed by atoms with Crippen LogP contribution in [0.4, 0.5) is 0 Å². The number of ether oxygens (including phenoxy) is 3. The number of nitrogens with one attached hydrogen (secondary N) is 1. The maximum absolute atomic E-state index is 11.1. The normalized spacial score (nSPS) is 14.9. The van der Waals surface area contributed by atoms with E-state index in [1.165, 1.54) is 23.1 Å². The molecule has 0 radical (unpaired) electrons. The summed E-state index contributed by atoms with van der Waals surface area (Å²) in [6.07, 6.45) is 8.85. The number of carbonyl (C=O) groups is 2. The molecule has 2 fully saturated rings. The van der Waals surface area contributed by atoms with Gasteiger partial charge in [0.2, 0.25) is 0 Å². The Morgan fingerprint density at radius 3 is 1.64 bits per heavy atom. The first-order valence-electron chi connectivity index (χ1n) is 12.5. The summed E-state index contributed by atoms with van der Waals surface area (Å²) in [5.41, 5.74) is 0. The van der Waals surface area contributed by atoms with E-state index in [4.69, 9.17) is 0 Å². The first-order valence-corrected chi connectivity index (χ1v) is 24.5. The quantitative estimate of drug-likeness (QED) is 0.0944. The zero-order valence-corrected chi connectivity index (χ0v) is 33.4. The van der Waals surface area contributed by atoms with Gasteiger partial charge in [-0.3, -0.25) is 19.6 Å². The number of carbonyl (C=O) groups excluding carboxylic acids is 2. The second-order valence-electron chi connectivity index (χ2n) is 7.85. The van der Waals surface area contributed by atoms with Crippen molar-refractivity contribution in [2.75, 3.05) is 63.0 Å². The van der Waals surface area contributed by atoms with E-state index in [9.17, 15) is 9.59 Å². The summed E-state index contributed by atoms with van der Waals surface area (Å²) in [6, 6.07) is 0. The van der Waals surface area contributed by atoms with E-state index in [1.807, 2.05) is 20.2 Å². The van der Waals surface area contributed by atoms with Crippen LogP contribution >= 0.6 is 85.1 Å². The molecule has 0 spiro atoms. The Hall–Kier alpha value is 1.34. The monoisotopic (exact) mass is 1040 g/mol. The molecule has 0 unspecified atom stereocenters. The molecule has 9 nitrogen and oxygen atoms in total. The van der Waals surface area contributed by atoms with Crippen LogP contribution in [-0.4, -0.2) is 92.6 Å². The Morgan fingerprint density at radius 1 is 0.897 bits per heavy atom. The average molecular weight is 1050 g/mol. The summed E-state index contributed by atoms with van der Waals surface area (Å²) in [6.45, 7) is 9.71. The van der Waals surface area contributed by atoms with Gasteiger partial charge in [0.05, 0.1) is 30.1 Å². The van der Waals surface area contributed by atoms with E-state index in [0.717, 1.165) is 65.0 Å². The molecule has 2 aliphatic heterocycles. The second-order valence-corrected chi connectivity index (χ2v) is 24.1. The molecule has 0 bridgehead atoms. The Balaban J connectivity index is -0.000000224. The summed E-state index contributed by atoms with van der Waals surface area (Å²) >= 11 is 9.29. The standard InChI is InChI=1S/C11H20N2O2.C8H15NO2.C4H9NO.CH2I2.CH4.2HI.V/c1-3-12-9-13-6-4-10(5-7-13)8-11(14)15-2;1-11-8(10)6-7-2-4-9-5-3-7;1-3-5-4-6-2;2-1-3;;;;/h9-10H,3-8H2,1-2H3;7,9H,2-6H2,1H3;4H,3H2,1-2H3;1H2;1H4;2*1H;/q;;;;;;;+2/p-2. The fraction of sp³-hybridized carbons (Fsp3) is 0.840. The van der Waals surface area contributed by atoms with E-state index < -0.39 is 0 Å². The number of halogens is 4. The molecule has 0 aromatic heterocycles. The van der Waals surface area contributed by atoms with Crippen LogP contribution in [0, 0.1) is 11.8 Å². The van der Waals surface area contributed by atoms with Crippen molar-refractivity contribution in [3.05, 3.63) is 0 Å². The molecule has 0 saturated carbocycles. The van der Waals surface area contributed by atoms with Gasteiger partial charge < -0.3 is 24.4 Å². The molecule has 2 rings (SSSR count). The molecule has 14 heteroatoms. The molecule has 0 aromatic rings. The first kappa shape index (κ1) is 47.3. The van der Waals surface area contributed by atoms with Crippen molar-refractivity contribution in [2.24, 2.45) is 21.8 Å². The van der Waals surface area contributed by atoms with Gasteiger partial charge >= 0.3 is 61.4 Å². The second kappa shape index (κ2) is 39.3. The van der Waals surface area contributed by atoms with Gasteiger partial charge in [-0.05, 0) is 64.5 Å². The van der Waals surface area contributed by atoms with Crippen molar-refractivity contribution >= 4 is 110 Å². The predicted molar refractivity (Wildman–Crippen MR) is 196 cm³/mol. The fourth-order valence-corrected chi connectivity index (χ4v) is 3.34. The topological polar surface area (TPSA) is 102 Å². The van der Waals surface area contributed by atoms with Gasteiger partial charge in [0.1, 0.15) is 0 Å². The Bertz CT molecular complexity index is 575. The molecule has 0 aromatic carbocycles. The summed E-state index contributed by atoms with van der Waals surface area (Å²) in [4.78, 5) is 32.1. The number of aliphatic imine (C=N–C) groups is 2. The number of esters is 2. The predicted octanol–water partition coefficient (Wildman–Crippen LogP) is 6.76. The van der Waals surface area contributed by atoms with E-state index >= 15 is 0 Å². The van der Waals surface area contributed by atoms with Crippen molar-refractivity contribution in [1.82, 2.24) is 10.2 Å².